The number of hydrogen-bond donors (Lipinski definition) is 1. The van der Waals surface area contributed by atoms with E-state index in [1.54, 1.807) is 25.3 Å². The van der Waals surface area contributed by atoms with E-state index in [4.69, 9.17) is 14.7 Å². The molecular formula is C13H16N2O2. The van der Waals surface area contributed by atoms with Gasteiger partial charge in [-0.25, -0.2) is 0 Å². The summed E-state index contributed by atoms with van der Waals surface area (Å²) >= 11 is 0. The molecule has 0 aromatic heterocycles. The summed E-state index contributed by atoms with van der Waals surface area (Å²) < 4.78 is 10.8. The quantitative estimate of drug-likeness (QED) is 0.858. The van der Waals surface area contributed by atoms with Crippen LogP contribution in [0.1, 0.15) is 18.4 Å². The van der Waals surface area contributed by atoms with Crippen LogP contribution in [0.2, 0.25) is 0 Å². The molecule has 1 aromatic rings. The van der Waals surface area contributed by atoms with Crippen LogP contribution in [0.25, 0.3) is 0 Å². The Morgan fingerprint density at radius 3 is 3.06 bits per heavy atom. The molecule has 4 nitrogen and oxygen atoms in total. The number of nitrogens with one attached hydrogen (secondary N) is 1. The predicted molar refractivity (Wildman–Crippen MR) is 64.2 cm³/mol. The number of hydrogen-bond acceptors (Lipinski definition) is 4. The number of ether oxygens (including phenoxy) is 2. The average Bonchev–Trinajstić information content (AvgIpc) is 2.89. The van der Waals surface area contributed by atoms with Gasteiger partial charge in [0.05, 0.1) is 12.7 Å². The summed E-state index contributed by atoms with van der Waals surface area (Å²) in [6, 6.07) is 7.76. The molecule has 0 amide bonds. The highest BCUT2D eigenvalue weighted by atomic mass is 16.5. The van der Waals surface area contributed by atoms with E-state index in [-0.39, 0.29) is 0 Å². The van der Waals surface area contributed by atoms with Crippen molar-refractivity contribution < 1.29 is 9.47 Å². The zero-order valence-corrected chi connectivity index (χ0v) is 9.90. The van der Waals surface area contributed by atoms with Gasteiger partial charge in [0.2, 0.25) is 0 Å². The van der Waals surface area contributed by atoms with Crippen LogP contribution < -0.4 is 14.8 Å². The lowest BCUT2D eigenvalue weighted by Crippen LogP contribution is -2.28. The van der Waals surface area contributed by atoms with Gasteiger partial charge in [0.25, 0.3) is 0 Å². The molecule has 1 heterocycles. The van der Waals surface area contributed by atoms with Crippen molar-refractivity contribution in [3.8, 4) is 17.6 Å². The number of methoxy groups -OCH3 is 1. The summed E-state index contributed by atoms with van der Waals surface area (Å²) in [6.45, 7) is 1.65. The van der Waals surface area contributed by atoms with Gasteiger partial charge >= 0.3 is 0 Å². The van der Waals surface area contributed by atoms with Crippen LogP contribution in [0, 0.1) is 11.3 Å². The maximum absolute atomic E-state index is 8.99. The zero-order valence-electron chi connectivity index (χ0n) is 9.90. The fourth-order valence-corrected chi connectivity index (χ4v) is 1.93. The van der Waals surface area contributed by atoms with Crippen LogP contribution in [0.15, 0.2) is 18.2 Å². The third-order valence-corrected chi connectivity index (χ3v) is 2.91. The standard InChI is InChI=1S/C13H16N2O2/c1-16-12-5-4-10(8-14)13(7-12)17-9-11-3-2-6-15-11/h4-5,7,11,15H,2-3,6,9H2,1H3. The lowest BCUT2D eigenvalue weighted by atomic mass is 10.2. The predicted octanol–water partition coefficient (Wildman–Crippen LogP) is 1.70. The Bertz CT molecular complexity index is 420. The number of benzene rings is 1. The molecule has 0 spiro atoms. The molecule has 0 saturated carbocycles. The number of nitrogens with zero attached hydrogens (tertiary/aromatic N) is 1. The van der Waals surface area contributed by atoms with Crippen molar-refractivity contribution in [3.63, 3.8) is 0 Å². The van der Waals surface area contributed by atoms with E-state index in [1.165, 1.54) is 6.42 Å². The molecule has 90 valence electrons. The minimum atomic E-state index is 0.396. The summed E-state index contributed by atoms with van der Waals surface area (Å²) in [5, 5.41) is 12.3. The van der Waals surface area contributed by atoms with Gasteiger partial charge in [-0.2, -0.15) is 5.26 Å². The molecule has 1 saturated heterocycles. The maximum Gasteiger partial charge on any atom is 0.140 e. The summed E-state index contributed by atoms with van der Waals surface area (Å²) in [4.78, 5) is 0. The molecule has 1 fully saturated rings. The fourth-order valence-electron chi connectivity index (χ4n) is 1.93. The Balaban J connectivity index is 2.04. The first-order valence-corrected chi connectivity index (χ1v) is 5.78. The smallest absolute Gasteiger partial charge is 0.140 e. The molecule has 0 radical (unpaired) electrons. The maximum atomic E-state index is 8.99. The molecule has 0 aliphatic carbocycles. The number of rotatable bonds is 4. The highest BCUT2D eigenvalue weighted by Gasteiger charge is 2.15. The van der Waals surface area contributed by atoms with Gasteiger partial charge in [-0.1, -0.05) is 0 Å². The first kappa shape index (κ1) is 11.7. The van der Waals surface area contributed by atoms with Gasteiger partial charge < -0.3 is 14.8 Å². The topological polar surface area (TPSA) is 54.3 Å². The lowest BCUT2D eigenvalue weighted by Gasteiger charge is -2.13. The highest BCUT2D eigenvalue weighted by molar-refractivity contribution is 5.47. The monoisotopic (exact) mass is 232 g/mol. The summed E-state index contributed by atoms with van der Waals surface area (Å²) in [5.41, 5.74) is 0.545. The van der Waals surface area contributed by atoms with Gasteiger partial charge in [-0.15, -0.1) is 0 Å². The van der Waals surface area contributed by atoms with Crippen molar-refractivity contribution in [1.82, 2.24) is 5.32 Å². The van der Waals surface area contributed by atoms with Crippen molar-refractivity contribution >= 4 is 0 Å². The van der Waals surface area contributed by atoms with Gasteiger partial charge in [-0.3, -0.25) is 0 Å². The zero-order chi connectivity index (χ0) is 12.1. The first-order valence-electron chi connectivity index (χ1n) is 5.78. The van der Waals surface area contributed by atoms with Gasteiger partial charge in [0.1, 0.15) is 24.2 Å². The molecule has 4 heteroatoms. The molecule has 0 bridgehead atoms. The molecule has 1 atom stereocenters. The van der Waals surface area contributed by atoms with E-state index < -0.39 is 0 Å². The molecule has 17 heavy (non-hydrogen) atoms. The highest BCUT2D eigenvalue weighted by Crippen LogP contribution is 2.24. The molecule has 2 rings (SSSR count). The Kier molecular flexibility index (Phi) is 3.84. The first-order chi connectivity index (χ1) is 8.33. The fraction of sp³-hybridized carbons (Fsp3) is 0.462. The van der Waals surface area contributed by atoms with E-state index in [0.29, 0.717) is 29.7 Å². The van der Waals surface area contributed by atoms with Crippen LogP contribution in [-0.2, 0) is 0 Å². The Morgan fingerprint density at radius 1 is 1.53 bits per heavy atom. The molecule has 1 N–H and O–H groups in total. The molecule has 1 aliphatic heterocycles. The summed E-state index contributed by atoms with van der Waals surface area (Å²) in [5.74, 6) is 1.30. The minimum absolute atomic E-state index is 0.396. The van der Waals surface area contributed by atoms with Crippen LogP contribution >= 0.6 is 0 Å². The largest absolute Gasteiger partial charge is 0.497 e. The van der Waals surface area contributed by atoms with Crippen molar-refractivity contribution in [2.75, 3.05) is 20.3 Å². The lowest BCUT2D eigenvalue weighted by molar-refractivity contribution is 0.275. The second-order valence-electron chi connectivity index (χ2n) is 4.08. The van der Waals surface area contributed by atoms with Crippen LogP contribution in [0.3, 0.4) is 0 Å². The Morgan fingerprint density at radius 2 is 2.41 bits per heavy atom. The second kappa shape index (κ2) is 5.55. The van der Waals surface area contributed by atoms with Crippen molar-refractivity contribution in [2.24, 2.45) is 0 Å². The van der Waals surface area contributed by atoms with E-state index in [0.717, 1.165) is 13.0 Å². The SMILES string of the molecule is COc1ccc(C#N)c(OCC2CCCN2)c1. The molecule has 1 unspecified atom stereocenters. The molecule has 1 aromatic carbocycles. The van der Waals surface area contributed by atoms with E-state index in [2.05, 4.69) is 11.4 Å². The Hall–Kier alpha value is -1.73. The molecular weight excluding hydrogens is 216 g/mol. The van der Waals surface area contributed by atoms with E-state index in [1.807, 2.05) is 0 Å². The Labute approximate surface area is 101 Å². The van der Waals surface area contributed by atoms with Crippen molar-refractivity contribution in [1.29, 1.82) is 5.26 Å². The summed E-state index contributed by atoms with van der Waals surface area (Å²) in [7, 11) is 1.60. The van der Waals surface area contributed by atoms with Crippen molar-refractivity contribution in [3.05, 3.63) is 23.8 Å². The van der Waals surface area contributed by atoms with E-state index in [9.17, 15) is 0 Å². The third kappa shape index (κ3) is 2.89. The van der Waals surface area contributed by atoms with Gasteiger partial charge in [0.15, 0.2) is 0 Å². The third-order valence-electron chi connectivity index (χ3n) is 2.91. The number of nitriles is 1. The molecule has 1 aliphatic rings. The van der Waals surface area contributed by atoms with Gasteiger partial charge in [0, 0.05) is 12.1 Å². The van der Waals surface area contributed by atoms with Crippen molar-refractivity contribution in [2.45, 2.75) is 18.9 Å². The van der Waals surface area contributed by atoms with Crippen LogP contribution in [-0.4, -0.2) is 26.3 Å². The van der Waals surface area contributed by atoms with Crippen LogP contribution in [0.5, 0.6) is 11.5 Å². The normalized spacial score (nSPS) is 18.7. The average molecular weight is 232 g/mol. The second-order valence-corrected chi connectivity index (χ2v) is 4.08. The minimum Gasteiger partial charge on any atom is -0.497 e. The van der Waals surface area contributed by atoms with E-state index >= 15 is 0 Å². The van der Waals surface area contributed by atoms with Crippen LogP contribution in [0.4, 0.5) is 0 Å². The summed E-state index contributed by atoms with van der Waals surface area (Å²) in [6.07, 6.45) is 2.32. The van der Waals surface area contributed by atoms with Gasteiger partial charge in [-0.05, 0) is 31.5 Å².